The lowest BCUT2D eigenvalue weighted by Gasteiger charge is -2.12. The lowest BCUT2D eigenvalue weighted by Crippen LogP contribution is -2.13. The fraction of sp³-hybridized carbons (Fsp3) is 0.273. The quantitative estimate of drug-likeness (QED) is 0.331. The highest BCUT2D eigenvalue weighted by atomic mass is 16.5. The van der Waals surface area contributed by atoms with Gasteiger partial charge in [0.05, 0.1) is 41.1 Å². The average molecular weight is 416 g/mol. The second-order valence-corrected chi connectivity index (χ2v) is 5.89. The maximum atomic E-state index is 12.4. The van der Waals surface area contributed by atoms with Crippen molar-refractivity contribution in [3.63, 3.8) is 0 Å². The van der Waals surface area contributed by atoms with Gasteiger partial charge in [0.1, 0.15) is 11.5 Å². The summed E-state index contributed by atoms with van der Waals surface area (Å²) in [5.74, 6) is 1.16. The Morgan fingerprint density at radius 2 is 1.43 bits per heavy atom. The van der Waals surface area contributed by atoms with E-state index in [4.69, 9.17) is 28.4 Å². The van der Waals surface area contributed by atoms with Crippen LogP contribution in [0.3, 0.4) is 0 Å². The third-order valence-corrected chi connectivity index (χ3v) is 4.15. The molecular formula is C22H24O8. The molecule has 2 rings (SSSR count). The number of rotatable bonds is 10. The van der Waals surface area contributed by atoms with Gasteiger partial charge in [0.25, 0.3) is 0 Å². The maximum Gasteiger partial charge on any atom is 0.331 e. The Morgan fingerprint density at radius 3 is 1.97 bits per heavy atom. The molecule has 30 heavy (non-hydrogen) atoms. The number of hydrogen-bond donors (Lipinski definition) is 0. The number of ketones is 1. The van der Waals surface area contributed by atoms with Crippen molar-refractivity contribution in [3.05, 3.63) is 47.5 Å². The molecule has 0 aliphatic heterocycles. The Bertz CT molecular complexity index is 908. The number of hydrogen-bond acceptors (Lipinski definition) is 8. The largest absolute Gasteiger partial charge is 0.497 e. The summed E-state index contributed by atoms with van der Waals surface area (Å²) in [6.45, 7) is -0.429. The number of esters is 1. The Hall–Kier alpha value is -3.68. The van der Waals surface area contributed by atoms with E-state index in [1.165, 1.54) is 47.7 Å². The van der Waals surface area contributed by atoms with Crippen LogP contribution in [0, 0.1) is 0 Å². The SMILES string of the molecule is COc1ccc(C(=O)COC(=O)C=Cc2cc(OC)c(OC)c(OC)c2)c(OC)c1. The van der Waals surface area contributed by atoms with Crippen LogP contribution in [0.5, 0.6) is 28.7 Å². The summed E-state index contributed by atoms with van der Waals surface area (Å²) in [7, 11) is 7.45. The van der Waals surface area contributed by atoms with Crippen molar-refractivity contribution in [3.8, 4) is 28.7 Å². The smallest absolute Gasteiger partial charge is 0.331 e. The molecule has 8 heteroatoms. The molecule has 0 saturated heterocycles. The first-order valence-electron chi connectivity index (χ1n) is 8.87. The number of ether oxygens (including phenoxy) is 6. The van der Waals surface area contributed by atoms with Crippen LogP contribution < -0.4 is 23.7 Å². The minimum Gasteiger partial charge on any atom is -0.497 e. The van der Waals surface area contributed by atoms with Gasteiger partial charge < -0.3 is 28.4 Å². The van der Waals surface area contributed by atoms with E-state index in [1.807, 2.05) is 0 Å². The summed E-state index contributed by atoms with van der Waals surface area (Å²) >= 11 is 0. The zero-order valence-electron chi connectivity index (χ0n) is 17.5. The molecule has 0 radical (unpaired) electrons. The van der Waals surface area contributed by atoms with E-state index >= 15 is 0 Å². The first-order valence-corrected chi connectivity index (χ1v) is 8.87. The van der Waals surface area contributed by atoms with E-state index in [0.29, 0.717) is 39.9 Å². The van der Waals surface area contributed by atoms with E-state index < -0.39 is 18.4 Å². The van der Waals surface area contributed by atoms with E-state index in [2.05, 4.69) is 0 Å². The minimum atomic E-state index is -0.676. The number of carbonyl (C=O) groups is 2. The molecule has 0 fully saturated rings. The van der Waals surface area contributed by atoms with Crippen LogP contribution in [0.1, 0.15) is 15.9 Å². The molecular weight excluding hydrogens is 392 g/mol. The normalized spacial score (nSPS) is 10.4. The molecule has 0 unspecified atom stereocenters. The van der Waals surface area contributed by atoms with Crippen LogP contribution in [0.25, 0.3) is 6.08 Å². The first-order chi connectivity index (χ1) is 14.5. The standard InChI is InChI=1S/C22H24O8/c1-25-15-7-8-16(18(12-15)26-2)17(23)13-30-21(24)9-6-14-10-19(27-3)22(29-5)20(11-14)28-4/h6-12H,13H2,1-5H3. The number of carbonyl (C=O) groups excluding carboxylic acids is 2. The summed E-state index contributed by atoms with van der Waals surface area (Å²) in [5, 5.41) is 0. The predicted molar refractivity (Wildman–Crippen MR) is 110 cm³/mol. The van der Waals surface area contributed by atoms with Gasteiger partial charge in [-0.25, -0.2) is 4.79 Å². The molecule has 0 saturated carbocycles. The van der Waals surface area contributed by atoms with E-state index in [1.54, 1.807) is 30.3 Å². The number of methoxy groups -OCH3 is 5. The molecule has 2 aromatic carbocycles. The third kappa shape index (κ3) is 5.44. The fourth-order valence-corrected chi connectivity index (χ4v) is 2.65. The van der Waals surface area contributed by atoms with Crippen molar-refractivity contribution in [1.82, 2.24) is 0 Å². The van der Waals surface area contributed by atoms with Crippen molar-refractivity contribution < 1.29 is 38.0 Å². The van der Waals surface area contributed by atoms with E-state index in [9.17, 15) is 9.59 Å². The van der Waals surface area contributed by atoms with Crippen molar-refractivity contribution in [2.45, 2.75) is 0 Å². The Balaban J connectivity index is 2.06. The molecule has 0 atom stereocenters. The summed E-state index contributed by atoms with van der Waals surface area (Å²) in [5.41, 5.74) is 0.921. The molecule has 0 spiro atoms. The van der Waals surface area contributed by atoms with Crippen molar-refractivity contribution >= 4 is 17.8 Å². The first kappa shape index (κ1) is 22.6. The highest BCUT2D eigenvalue weighted by Gasteiger charge is 2.15. The van der Waals surface area contributed by atoms with Crippen LogP contribution in [-0.4, -0.2) is 53.9 Å². The Morgan fingerprint density at radius 1 is 0.800 bits per heavy atom. The molecule has 0 aliphatic rings. The fourth-order valence-electron chi connectivity index (χ4n) is 2.65. The summed E-state index contributed by atoms with van der Waals surface area (Å²) in [6, 6.07) is 8.12. The predicted octanol–water partition coefficient (Wildman–Crippen LogP) is 3.17. The second kappa shape index (κ2) is 10.8. The van der Waals surface area contributed by atoms with Gasteiger partial charge in [-0.3, -0.25) is 4.79 Å². The van der Waals surface area contributed by atoms with Crippen LogP contribution in [0.4, 0.5) is 0 Å². The van der Waals surface area contributed by atoms with Crippen LogP contribution in [-0.2, 0) is 9.53 Å². The number of benzene rings is 2. The molecule has 160 valence electrons. The third-order valence-electron chi connectivity index (χ3n) is 4.15. The molecule has 0 bridgehead atoms. The zero-order chi connectivity index (χ0) is 22.1. The molecule has 0 aromatic heterocycles. The van der Waals surface area contributed by atoms with Crippen LogP contribution >= 0.6 is 0 Å². The van der Waals surface area contributed by atoms with Gasteiger partial charge in [-0.1, -0.05) is 0 Å². The molecule has 0 aliphatic carbocycles. The highest BCUT2D eigenvalue weighted by molar-refractivity contribution is 6.01. The number of Topliss-reactive ketones (excluding diaryl/α,β-unsaturated/α-hetero) is 1. The lowest BCUT2D eigenvalue weighted by molar-refractivity contribution is -0.136. The lowest BCUT2D eigenvalue weighted by atomic mass is 10.1. The van der Waals surface area contributed by atoms with Crippen LogP contribution in [0.2, 0.25) is 0 Å². The van der Waals surface area contributed by atoms with E-state index in [-0.39, 0.29) is 0 Å². The average Bonchev–Trinajstić information content (AvgIpc) is 2.79. The van der Waals surface area contributed by atoms with Gasteiger partial charge in [-0.15, -0.1) is 0 Å². The molecule has 0 N–H and O–H groups in total. The Kier molecular flexibility index (Phi) is 8.10. The van der Waals surface area contributed by atoms with Gasteiger partial charge >= 0.3 is 5.97 Å². The van der Waals surface area contributed by atoms with Gasteiger partial charge in [-0.05, 0) is 35.9 Å². The van der Waals surface area contributed by atoms with Crippen molar-refractivity contribution in [1.29, 1.82) is 0 Å². The van der Waals surface area contributed by atoms with Gasteiger partial charge in [-0.2, -0.15) is 0 Å². The second-order valence-electron chi connectivity index (χ2n) is 5.89. The molecule has 2 aromatic rings. The van der Waals surface area contributed by atoms with Crippen molar-refractivity contribution in [2.24, 2.45) is 0 Å². The van der Waals surface area contributed by atoms with Gasteiger partial charge in [0.2, 0.25) is 11.5 Å². The Labute approximate surface area is 174 Å². The monoisotopic (exact) mass is 416 g/mol. The summed E-state index contributed by atoms with van der Waals surface area (Å²) in [4.78, 5) is 24.4. The van der Waals surface area contributed by atoms with Crippen LogP contribution in [0.15, 0.2) is 36.4 Å². The maximum absolute atomic E-state index is 12.4. The van der Waals surface area contributed by atoms with Gasteiger partial charge in [0, 0.05) is 12.1 Å². The molecule has 8 nitrogen and oxygen atoms in total. The summed E-state index contributed by atoms with van der Waals surface area (Å²) in [6.07, 6.45) is 2.73. The van der Waals surface area contributed by atoms with Gasteiger partial charge in [0.15, 0.2) is 18.1 Å². The van der Waals surface area contributed by atoms with E-state index in [0.717, 1.165) is 0 Å². The summed E-state index contributed by atoms with van der Waals surface area (Å²) < 4.78 is 31.1. The zero-order valence-corrected chi connectivity index (χ0v) is 17.5. The highest BCUT2D eigenvalue weighted by Crippen LogP contribution is 2.38. The van der Waals surface area contributed by atoms with Crippen molar-refractivity contribution in [2.75, 3.05) is 42.2 Å². The topological polar surface area (TPSA) is 89.5 Å². The molecule has 0 amide bonds. The molecule has 0 heterocycles. The minimum absolute atomic E-state index is 0.291.